The van der Waals surface area contributed by atoms with Crippen molar-refractivity contribution < 1.29 is 18.8 Å². The van der Waals surface area contributed by atoms with E-state index in [4.69, 9.17) is 5.84 Å². The van der Waals surface area contributed by atoms with Gasteiger partial charge in [-0.2, -0.15) is 0 Å². The minimum absolute atomic E-state index is 0.0155. The van der Waals surface area contributed by atoms with Gasteiger partial charge in [0.15, 0.2) is 5.78 Å². The molecule has 10 heteroatoms. The van der Waals surface area contributed by atoms with Crippen LogP contribution in [0.25, 0.3) is 5.57 Å². The highest BCUT2D eigenvalue weighted by Gasteiger charge is 2.32. The molecule has 0 bridgehead atoms. The average molecular weight is 440 g/mol. The predicted octanol–water partition coefficient (Wildman–Crippen LogP) is 1.70. The summed E-state index contributed by atoms with van der Waals surface area (Å²) in [7, 11) is 0. The van der Waals surface area contributed by atoms with Crippen molar-refractivity contribution >= 4 is 28.9 Å². The molecule has 1 unspecified atom stereocenters. The number of ketones is 1. The first-order valence-corrected chi connectivity index (χ1v) is 10.3. The van der Waals surface area contributed by atoms with Gasteiger partial charge in [0.25, 0.3) is 0 Å². The molecule has 4 rings (SSSR count). The number of carbonyl (C=O) groups is 3. The highest BCUT2D eigenvalue weighted by molar-refractivity contribution is 6.08. The number of fused-ring (bicyclic) bond motifs is 1. The smallest absolute Gasteiger partial charge is 0.239 e. The lowest BCUT2D eigenvalue weighted by Crippen LogP contribution is -2.41. The lowest BCUT2D eigenvalue weighted by molar-refractivity contribution is -0.129. The van der Waals surface area contributed by atoms with Crippen LogP contribution >= 0.6 is 0 Å². The van der Waals surface area contributed by atoms with Crippen LogP contribution in [0.3, 0.4) is 0 Å². The summed E-state index contributed by atoms with van der Waals surface area (Å²) in [6.07, 6.45) is 7.65. The summed E-state index contributed by atoms with van der Waals surface area (Å²) in [6.45, 7) is 3.46. The number of hydrazine groups is 1. The Morgan fingerprint density at radius 1 is 1.28 bits per heavy atom. The lowest BCUT2D eigenvalue weighted by Gasteiger charge is -2.25. The van der Waals surface area contributed by atoms with Crippen LogP contribution < -0.4 is 16.5 Å². The van der Waals surface area contributed by atoms with Gasteiger partial charge in [0.1, 0.15) is 12.0 Å². The first-order chi connectivity index (χ1) is 15.2. The molecule has 0 aromatic carbocycles. The van der Waals surface area contributed by atoms with Crippen LogP contribution in [-0.2, 0) is 16.1 Å². The van der Waals surface area contributed by atoms with E-state index in [0.29, 0.717) is 40.7 Å². The van der Waals surface area contributed by atoms with Crippen molar-refractivity contribution in [3.8, 4) is 0 Å². The molecule has 5 N–H and O–H groups in total. The quantitative estimate of drug-likeness (QED) is 0.321. The van der Waals surface area contributed by atoms with Crippen molar-refractivity contribution in [2.45, 2.75) is 33.0 Å². The maximum Gasteiger partial charge on any atom is 0.239 e. The Hall–Kier alpha value is -3.66. The standard InChI is InChI=1S/C22H25FN6O3/c1-12(30)28-10-17-20(18(32)11-28)22(26-16-5-3-15(23)4-6-16)21(27-17)14-7-8-25-19(9-14)29(24)13(2)31/h3,5-7,9,15,25-27H,4,8,10-11,24H2,1-2H3. The van der Waals surface area contributed by atoms with E-state index in [0.717, 1.165) is 10.6 Å². The molecule has 0 fully saturated rings. The summed E-state index contributed by atoms with van der Waals surface area (Å²) in [5, 5.41) is 7.32. The van der Waals surface area contributed by atoms with Crippen molar-refractivity contribution in [3.05, 3.63) is 58.8 Å². The summed E-state index contributed by atoms with van der Waals surface area (Å²) in [4.78, 5) is 41.3. The van der Waals surface area contributed by atoms with Crippen LogP contribution in [-0.4, -0.2) is 51.8 Å². The zero-order chi connectivity index (χ0) is 23.0. The van der Waals surface area contributed by atoms with E-state index in [-0.39, 0.29) is 37.1 Å². The lowest BCUT2D eigenvalue weighted by atomic mass is 10.0. The third kappa shape index (κ3) is 4.09. The zero-order valence-corrected chi connectivity index (χ0v) is 17.9. The van der Waals surface area contributed by atoms with Crippen molar-refractivity contribution in [1.82, 2.24) is 20.2 Å². The number of aromatic amines is 1. The fraction of sp³-hybridized carbons (Fsp3) is 0.318. The number of Topliss-reactive ketones (excluding diaryl/α,β-unsaturated/α-hetero) is 1. The Kier molecular flexibility index (Phi) is 5.70. The number of nitrogens with two attached hydrogens (primary N) is 1. The number of hydrogen-bond donors (Lipinski definition) is 4. The number of halogens is 1. The fourth-order valence-corrected chi connectivity index (χ4v) is 3.89. The van der Waals surface area contributed by atoms with Gasteiger partial charge in [0.05, 0.1) is 30.0 Å². The molecule has 1 aromatic rings. The van der Waals surface area contributed by atoms with Crippen LogP contribution in [0.5, 0.6) is 0 Å². The molecule has 32 heavy (non-hydrogen) atoms. The number of aromatic nitrogens is 1. The van der Waals surface area contributed by atoms with E-state index in [1.165, 1.54) is 24.8 Å². The Morgan fingerprint density at radius 3 is 2.72 bits per heavy atom. The van der Waals surface area contributed by atoms with E-state index >= 15 is 0 Å². The van der Waals surface area contributed by atoms with Gasteiger partial charge in [-0.1, -0.05) is 12.2 Å². The molecule has 1 aromatic heterocycles. The predicted molar refractivity (Wildman–Crippen MR) is 117 cm³/mol. The molecule has 0 radical (unpaired) electrons. The SMILES string of the molecule is CC(=O)N1CC(=O)c2c([nH]c(C3=CCNC(N(N)C(C)=O)=C3)c2NC2=CCC(F)C=C2)C1. The number of H-pyrrole nitrogens is 1. The third-order valence-corrected chi connectivity index (χ3v) is 5.59. The number of carbonyl (C=O) groups excluding carboxylic acids is 3. The normalized spacial score (nSPS) is 20.0. The van der Waals surface area contributed by atoms with Crippen molar-refractivity contribution in [3.63, 3.8) is 0 Å². The largest absolute Gasteiger partial charge is 0.367 e. The Morgan fingerprint density at radius 2 is 2.06 bits per heavy atom. The van der Waals surface area contributed by atoms with Gasteiger partial charge in [-0.25, -0.2) is 15.2 Å². The van der Waals surface area contributed by atoms with Crippen molar-refractivity contribution in [2.24, 2.45) is 5.84 Å². The van der Waals surface area contributed by atoms with Gasteiger partial charge in [-0.3, -0.25) is 14.4 Å². The number of amides is 2. The summed E-state index contributed by atoms with van der Waals surface area (Å²) < 4.78 is 13.5. The summed E-state index contributed by atoms with van der Waals surface area (Å²) in [5.41, 5.74) is 3.66. The van der Waals surface area contributed by atoms with E-state index in [2.05, 4.69) is 15.6 Å². The molecule has 2 aliphatic heterocycles. The van der Waals surface area contributed by atoms with Crippen LogP contribution in [0, 0.1) is 0 Å². The second kappa shape index (κ2) is 8.46. The number of alkyl halides is 1. The number of hydrogen-bond acceptors (Lipinski definition) is 6. The average Bonchev–Trinajstić information content (AvgIpc) is 3.13. The number of dihydropyridines is 1. The maximum atomic E-state index is 13.5. The minimum Gasteiger partial charge on any atom is -0.367 e. The molecule has 3 heterocycles. The number of allylic oxidation sites excluding steroid dienone is 5. The van der Waals surface area contributed by atoms with Crippen molar-refractivity contribution in [2.75, 3.05) is 18.4 Å². The number of nitrogens with one attached hydrogen (secondary N) is 3. The molecule has 0 saturated heterocycles. The van der Waals surface area contributed by atoms with Gasteiger partial charge in [0, 0.05) is 43.8 Å². The van der Waals surface area contributed by atoms with Gasteiger partial charge in [-0.15, -0.1) is 0 Å². The second-order valence-electron chi connectivity index (χ2n) is 7.88. The molecule has 0 spiro atoms. The van der Waals surface area contributed by atoms with E-state index in [1.807, 2.05) is 6.08 Å². The molecule has 9 nitrogen and oxygen atoms in total. The highest BCUT2D eigenvalue weighted by Crippen LogP contribution is 2.36. The Bertz CT molecular complexity index is 1110. The zero-order valence-electron chi connectivity index (χ0n) is 17.9. The number of anilines is 1. The number of nitrogens with zero attached hydrogens (tertiary/aromatic N) is 2. The first-order valence-electron chi connectivity index (χ1n) is 10.3. The topological polar surface area (TPSA) is 124 Å². The molecule has 168 valence electrons. The van der Waals surface area contributed by atoms with Crippen LogP contribution in [0.2, 0.25) is 0 Å². The van der Waals surface area contributed by atoms with E-state index < -0.39 is 6.17 Å². The molecule has 0 saturated carbocycles. The second-order valence-corrected chi connectivity index (χ2v) is 7.88. The summed E-state index contributed by atoms with van der Waals surface area (Å²) in [6, 6.07) is 0. The maximum absolute atomic E-state index is 13.5. The van der Waals surface area contributed by atoms with E-state index in [1.54, 1.807) is 18.2 Å². The number of rotatable bonds is 4. The molecular weight excluding hydrogens is 415 g/mol. The molecule has 2 amide bonds. The van der Waals surface area contributed by atoms with Crippen LogP contribution in [0.15, 0.2) is 41.9 Å². The summed E-state index contributed by atoms with van der Waals surface area (Å²) in [5.74, 6) is 5.55. The molecule has 3 aliphatic rings. The van der Waals surface area contributed by atoms with Gasteiger partial charge >= 0.3 is 0 Å². The molecule has 1 aliphatic carbocycles. The summed E-state index contributed by atoms with van der Waals surface area (Å²) >= 11 is 0. The van der Waals surface area contributed by atoms with Gasteiger partial charge < -0.3 is 20.5 Å². The Balaban J connectivity index is 1.78. The van der Waals surface area contributed by atoms with Crippen LogP contribution in [0.4, 0.5) is 10.1 Å². The minimum atomic E-state index is -1.04. The van der Waals surface area contributed by atoms with Crippen molar-refractivity contribution in [1.29, 1.82) is 0 Å². The Labute approximate surface area is 184 Å². The third-order valence-electron chi connectivity index (χ3n) is 5.59. The van der Waals surface area contributed by atoms with Gasteiger partial charge in [-0.05, 0) is 18.2 Å². The van der Waals surface area contributed by atoms with Gasteiger partial charge in [0.2, 0.25) is 11.8 Å². The highest BCUT2D eigenvalue weighted by atomic mass is 19.1. The fourth-order valence-electron chi connectivity index (χ4n) is 3.89. The van der Waals surface area contributed by atoms with Crippen LogP contribution in [0.1, 0.15) is 42.0 Å². The molecule has 1 atom stereocenters. The molecular formula is C22H25FN6O3. The monoisotopic (exact) mass is 440 g/mol. The van der Waals surface area contributed by atoms with E-state index in [9.17, 15) is 18.8 Å². The first kappa shape index (κ1) is 21.6.